The van der Waals surface area contributed by atoms with Crippen LogP contribution in [0.3, 0.4) is 0 Å². The predicted octanol–water partition coefficient (Wildman–Crippen LogP) is 2.09. The molecule has 0 heterocycles. The summed E-state index contributed by atoms with van der Waals surface area (Å²) in [6.07, 6.45) is 0. The first-order valence-electron chi connectivity index (χ1n) is 6.05. The smallest absolute Gasteiger partial charge is 0.319 e. The average molecular weight is 261 g/mol. The molecule has 0 spiro atoms. The molecule has 0 fully saturated rings. The van der Waals surface area contributed by atoms with Crippen LogP contribution < -0.4 is 10.6 Å². The number of nitrogens with one attached hydrogen (secondary N) is 2. The molecule has 1 rings (SSSR count). The molecule has 19 heavy (non-hydrogen) atoms. The molecule has 0 aliphatic heterocycles. The molecule has 0 aliphatic carbocycles. The highest BCUT2D eigenvalue weighted by Crippen LogP contribution is 2.19. The Morgan fingerprint density at radius 2 is 1.95 bits per heavy atom. The van der Waals surface area contributed by atoms with Gasteiger partial charge in [0.05, 0.1) is 24.3 Å². The van der Waals surface area contributed by atoms with Crippen molar-refractivity contribution >= 4 is 11.7 Å². The molecule has 5 nitrogen and oxygen atoms in total. The summed E-state index contributed by atoms with van der Waals surface area (Å²) in [5.41, 5.74) is 0.910. The Morgan fingerprint density at radius 1 is 1.37 bits per heavy atom. The van der Waals surface area contributed by atoms with E-state index >= 15 is 0 Å². The fourth-order valence-electron chi connectivity index (χ4n) is 1.49. The van der Waals surface area contributed by atoms with Crippen molar-refractivity contribution in [2.24, 2.45) is 5.41 Å². The van der Waals surface area contributed by atoms with Crippen LogP contribution in [0.5, 0.6) is 0 Å². The zero-order valence-electron chi connectivity index (χ0n) is 11.4. The lowest BCUT2D eigenvalue weighted by atomic mass is 9.87. The standard InChI is InChI=1S/C14H19N3O2/c1-14(2,3)12(9-18)17-13(19)16-11-6-4-10(8-15)5-7-11/h4-7,12,18H,9H2,1-3H3,(H2,16,17,19)/t12-/m1/s1. The number of rotatable bonds is 3. The minimum atomic E-state index is -0.376. The van der Waals surface area contributed by atoms with E-state index in [1.807, 2.05) is 26.8 Å². The van der Waals surface area contributed by atoms with Crippen LogP contribution in [0.25, 0.3) is 0 Å². The molecule has 0 saturated carbocycles. The minimum Gasteiger partial charge on any atom is -0.394 e. The van der Waals surface area contributed by atoms with Crippen molar-refractivity contribution in [2.75, 3.05) is 11.9 Å². The van der Waals surface area contributed by atoms with Crippen molar-refractivity contribution in [3.63, 3.8) is 0 Å². The highest BCUT2D eigenvalue weighted by Gasteiger charge is 2.25. The van der Waals surface area contributed by atoms with E-state index in [0.717, 1.165) is 0 Å². The molecule has 0 bridgehead atoms. The number of benzene rings is 1. The monoisotopic (exact) mass is 261 g/mol. The Kier molecular flexibility index (Phi) is 4.90. The average Bonchev–Trinajstić information content (AvgIpc) is 2.35. The van der Waals surface area contributed by atoms with E-state index in [2.05, 4.69) is 10.6 Å². The lowest BCUT2D eigenvalue weighted by molar-refractivity contribution is 0.162. The van der Waals surface area contributed by atoms with E-state index in [-0.39, 0.29) is 24.1 Å². The summed E-state index contributed by atoms with van der Waals surface area (Å²) in [5.74, 6) is 0. The van der Waals surface area contributed by atoms with Gasteiger partial charge in [-0.1, -0.05) is 20.8 Å². The summed E-state index contributed by atoms with van der Waals surface area (Å²) < 4.78 is 0. The fraction of sp³-hybridized carbons (Fsp3) is 0.429. The van der Waals surface area contributed by atoms with E-state index in [9.17, 15) is 9.90 Å². The van der Waals surface area contributed by atoms with E-state index in [4.69, 9.17) is 5.26 Å². The molecule has 3 N–H and O–H groups in total. The van der Waals surface area contributed by atoms with E-state index in [0.29, 0.717) is 11.3 Å². The number of urea groups is 1. The maximum absolute atomic E-state index is 11.8. The Balaban J connectivity index is 2.62. The second kappa shape index (κ2) is 6.21. The number of nitriles is 1. The molecule has 1 aromatic rings. The van der Waals surface area contributed by atoms with Crippen LogP contribution >= 0.6 is 0 Å². The predicted molar refractivity (Wildman–Crippen MR) is 73.6 cm³/mol. The molecular formula is C14H19N3O2. The van der Waals surface area contributed by atoms with Gasteiger partial charge in [-0.25, -0.2) is 4.79 Å². The molecular weight excluding hydrogens is 242 g/mol. The molecule has 102 valence electrons. The van der Waals surface area contributed by atoms with Gasteiger partial charge in [0, 0.05) is 5.69 Å². The van der Waals surface area contributed by atoms with Gasteiger partial charge in [0.25, 0.3) is 0 Å². The van der Waals surface area contributed by atoms with Gasteiger partial charge in [0.2, 0.25) is 0 Å². The van der Waals surface area contributed by atoms with Crippen molar-refractivity contribution in [3.05, 3.63) is 29.8 Å². The summed E-state index contributed by atoms with van der Waals surface area (Å²) in [5, 5.41) is 23.3. The fourth-order valence-corrected chi connectivity index (χ4v) is 1.49. The quantitative estimate of drug-likeness (QED) is 0.778. The molecule has 1 atom stereocenters. The molecule has 0 radical (unpaired) electrons. The van der Waals surface area contributed by atoms with Crippen molar-refractivity contribution in [1.29, 1.82) is 5.26 Å². The van der Waals surface area contributed by atoms with Crippen molar-refractivity contribution in [1.82, 2.24) is 5.32 Å². The van der Waals surface area contributed by atoms with Gasteiger partial charge in [-0.3, -0.25) is 0 Å². The Hall–Kier alpha value is -2.06. The molecule has 0 aliphatic rings. The maximum atomic E-state index is 11.8. The van der Waals surface area contributed by atoms with Crippen molar-refractivity contribution in [2.45, 2.75) is 26.8 Å². The van der Waals surface area contributed by atoms with Gasteiger partial charge in [0.1, 0.15) is 0 Å². The lowest BCUT2D eigenvalue weighted by Crippen LogP contribution is -2.47. The molecule has 1 aromatic carbocycles. The number of aliphatic hydroxyl groups is 1. The van der Waals surface area contributed by atoms with E-state index < -0.39 is 0 Å². The zero-order chi connectivity index (χ0) is 14.5. The van der Waals surface area contributed by atoms with Gasteiger partial charge >= 0.3 is 6.03 Å². The number of hydrogen-bond donors (Lipinski definition) is 3. The largest absolute Gasteiger partial charge is 0.394 e. The highest BCUT2D eigenvalue weighted by molar-refractivity contribution is 5.89. The number of carbonyl (C=O) groups excluding carboxylic acids is 1. The van der Waals surface area contributed by atoms with E-state index in [1.54, 1.807) is 24.3 Å². The summed E-state index contributed by atoms with van der Waals surface area (Å²) in [4.78, 5) is 11.8. The van der Waals surface area contributed by atoms with Crippen LogP contribution in [-0.2, 0) is 0 Å². The Bertz CT molecular complexity index is 469. The van der Waals surface area contributed by atoms with Crippen LogP contribution in [0, 0.1) is 16.7 Å². The number of amides is 2. The van der Waals surface area contributed by atoms with Crippen molar-refractivity contribution < 1.29 is 9.90 Å². The van der Waals surface area contributed by atoms with Gasteiger partial charge in [-0.2, -0.15) is 5.26 Å². The Morgan fingerprint density at radius 3 is 2.37 bits per heavy atom. The van der Waals surface area contributed by atoms with Gasteiger partial charge in [-0.05, 0) is 29.7 Å². The SMILES string of the molecule is CC(C)(C)[C@@H](CO)NC(=O)Nc1ccc(C#N)cc1. The third kappa shape index (κ3) is 4.60. The zero-order valence-corrected chi connectivity index (χ0v) is 11.4. The third-order valence-electron chi connectivity index (χ3n) is 2.81. The van der Waals surface area contributed by atoms with Crippen molar-refractivity contribution in [3.8, 4) is 6.07 Å². The maximum Gasteiger partial charge on any atom is 0.319 e. The molecule has 0 unspecified atom stereocenters. The number of carbonyl (C=O) groups is 1. The number of anilines is 1. The normalized spacial score (nSPS) is 12.4. The summed E-state index contributed by atoms with van der Waals surface area (Å²) >= 11 is 0. The molecule has 2 amide bonds. The minimum absolute atomic E-state index is 0.121. The topological polar surface area (TPSA) is 85.2 Å². The van der Waals surface area contributed by atoms with Gasteiger partial charge in [-0.15, -0.1) is 0 Å². The van der Waals surface area contributed by atoms with E-state index in [1.165, 1.54) is 0 Å². The first-order chi connectivity index (χ1) is 8.86. The van der Waals surface area contributed by atoms with Gasteiger partial charge in [0.15, 0.2) is 0 Å². The summed E-state index contributed by atoms with van der Waals surface area (Å²) in [6.45, 7) is 5.70. The molecule has 5 heteroatoms. The number of aliphatic hydroxyl groups excluding tert-OH is 1. The molecule has 0 aromatic heterocycles. The summed E-state index contributed by atoms with van der Waals surface area (Å²) in [7, 11) is 0. The first-order valence-corrected chi connectivity index (χ1v) is 6.05. The number of hydrogen-bond acceptors (Lipinski definition) is 3. The Labute approximate surface area is 113 Å². The van der Waals surface area contributed by atoms with Crippen LogP contribution in [0.1, 0.15) is 26.3 Å². The second-order valence-electron chi connectivity index (χ2n) is 5.39. The second-order valence-corrected chi connectivity index (χ2v) is 5.39. The van der Waals surface area contributed by atoms with Crippen LogP contribution in [-0.4, -0.2) is 23.8 Å². The highest BCUT2D eigenvalue weighted by atomic mass is 16.3. The number of nitrogens with zero attached hydrogens (tertiary/aromatic N) is 1. The van der Waals surface area contributed by atoms with Crippen LogP contribution in [0.15, 0.2) is 24.3 Å². The van der Waals surface area contributed by atoms with Gasteiger partial charge < -0.3 is 15.7 Å². The lowest BCUT2D eigenvalue weighted by Gasteiger charge is -2.29. The van der Waals surface area contributed by atoms with Crippen LogP contribution in [0.2, 0.25) is 0 Å². The summed E-state index contributed by atoms with van der Waals surface area (Å²) in [6, 6.07) is 7.87. The first kappa shape index (κ1) is 15.0. The third-order valence-corrected chi connectivity index (χ3v) is 2.81. The van der Waals surface area contributed by atoms with Crippen LogP contribution in [0.4, 0.5) is 10.5 Å². The molecule has 0 saturated heterocycles.